The third-order valence-corrected chi connectivity index (χ3v) is 6.66. The zero-order chi connectivity index (χ0) is 22.4. The third-order valence-electron chi connectivity index (χ3n) is 5.54. The van der Waals surface area contributed by atoms with Crippen LogP contribution in [-0.4, -0.2) is 56.4 Å². The number of carbonyl (C=O) groups is 2. The molecule has 2 heterocycles. The molecule has 1 aliphatic rings. The Morgan fingerprint density at radius 3 is 2.48 bits per heavy atom. The van der Waals surface area contributed by atoms with E-state index in [0.717, 1.165) is 53.9 Å². The average molecular weight is 444 g/mol. The highest BCUT2D eigenvalue weighted by Gasteiger charge is 2.28. The van der Waals surface area contributed by atoms with Crippen molar-refractivity contribution in [3.05, 3.63) is 46.2 Å². The van der Waals surface area contributed by atoms with Crippen LogP contribution in [0.15, 0.2) is 36.4 Å². The van der Waals surface area contributed by atoms with Crippen molar-refractivity contribution in [3.8, 4) is 5.75 Å². The van der Waals surface area contributed by atoms with E-state index in [2.05, 4.69) is 35.0 Å². The van der Waals surface area contributed by atoms with Crippen molar-refractivity contribution in [2.45, 2.75) is 33.7 Å². The maximum Gasteiger partial charge on any atom is 0.217 e. The molecule has 1 aromatic heterocycles. The molecule has 1 aromatic carbocycles. The van der Waals surface area contributed by atoms with Crippen LogP contribution in [0, 0.1) is 5.41 Å². The lowest BCUT2D eigenvalue weighted by Gasteiger charge is -2.40. The Bertz CT molecular complexity index is 901. The second-order valence-corrected chi connectivity index (χ2v) is 10.0. The van der Waals surface area contributed by atoms with Crippen LogP contribution in [-0.2, 0) is 11.3 Å². The van der Waals surface area contributed by atoms with E-state index in [9.17, 15) is 9.59 Å². The predicted octanol–water partition coefficient (Wildman–Crippen LogP) is 3.81. The zero-order valence-corrected chi connectivity index (χ0v) is 19.8. The van der Waals surface area contributed by atoms with Gasteiger partial charge in [-0.15, -0.1) is 11.3 Å². The highest BCUT2D eigenvalue weighted by atomic mass is 32.1. The standard InChI is InChI=1S/C24H33N3O3S/c1-18(28)25-16-19-9-10-23(31-19)21(29)15-24(2,3)17-26-11-13-27(14-12-26)20-7-5-6-8-22(20)30-4/h5-10H,11-17H2,1-4H3,(H,25,28). The van der Waals surface area contributed by atoms with E-state index in [1.54, 1.807) is 7.11 Å². The van der Waals surface area contributed by atoms with Gasteiger partial charge in [0.15, 0.2) is 5.78 Å². The number of nitrogens with one attached hydrogen (secondary N) is 1. The van der Waals surface area contributed by atoms with Gasteiger partial charge in [-0.3, -0.25) is 14.5 Å². The summed E-state index contributed by atoms with van der Waals surface area (Å²) in [5.74, 6) is 1.03. The summed E-state index contributed by atoms with van der Waals surface area (Å²) in [5, 5.41) is 2.78. The summed E-state index contributed by atoms with van der Waals surface area (Å²) >= 11 is 1.47. The number of amides is 1. The van der Waals surface area contributed by atoms with Gasteiger partial charge in [0, 0.05) is 50.9 Å². The van der Waals surface area contributed by atoms with Crippen LogP contribution in [0.3, 0.4) is 0 Å². The summed E-state index contributed by atoms with van der Waals surface area (Å²) in [6.45, 7) is 11.0. The van der Waals surface area contributed by atoms with Crippen molar-refractivity contribution in [3.63, 3.8) is 0 Å². The quantitative estimate of drug-likeness (QED) is 0.597. The fourth-order valence-electron chi connectivity index (χ4n) is 4.06. The van der Waals surface area contributed by atoms with Crippen LogP contribution in [0.25, 0.3) is 0 Å². The third kappa shape index (κ3) is 6.55. The first-order valence-electron chi connectivity index (χ1n) is 10.7. The molecule has 1 saturated heterocycles. The number of thiophene rings is 1. The van der Waals surface area contributed by atoms with Crippen LogP contribution < -0.4 is 15.0 Å². The number of para-hydroxylation sites is 2. The Morgan fingerprint density at radius 1 is 1.10 bits per heavy atom. The van der Waals surface area contributed by atoms with E-state index < -0.39 is 0 Å². The molecule has 168 valence electrons. The maximum absolute atomic E-state index is 12.8. The number of nitrogens with zero attached hydrogens (tertiary/aromatic N) is 2. The number of hydrogen-bond acceptors (Lipinski definition) is 6. The minimum Gasteiger partial charge on any atom is -0.495 e. The van der Waals surface area contributed by atoms with Crippen molar-refractivity contribution in [2.24, 2.45) is 5.41 Å². The molecule has 7 heteroatoms. The minimum absolute atomic E-state index is 0.0618. The van der Waals surface area contributed by atoms with Crippen molar-refractivity contribution in [1.82, 2.24) is 10.2 Å². The summed E-state index contributed by atoms with van der Waals surface area (Å²) in [6.07, 6.45) is 0.514. The summed E-state index contributed by atoms with van der Waals surface area (Å²) in [6, 6.07) is 12.0. The molecular weight excluding hydrogens is 410 g/mol. The smallest absolute Gasteiger partial charge is 0.217 e. The van der Waals surface area contributed by atoms with Crippen LogP contribution in [0.1, 0.15) is 41.7 Å². The van der Waals surface area contributed by atoms with Gasteiger partial charge in [-0.05, 0) is 29.7 Å². The second-order valence-electron chi connectivity index (χ2n) is 8.87. The lowest BCUT2D eigenvalue weighted by molar-refractivity contribution is -0.119. The Balaban J connectivity index is 1.51. The van der Waals surface area contributed by atoms with Gasteiger partial charge in [0.1, 0.15) is 5.75 Å². The molecule has 0 spiro atoms. The summed E-state index contributed by atoms with van der Waals surface area (Å²) in [5.41, 5.74) is 1.04. The Morgan fingerprint density at radius 2 is 1.81 bits per heavy atom. The van der Waals surface area contributed by atoms with Gasteiger partial charge in [-0.25, -0.2) is 0 Å². The Labute approximate surface area is 189 Å². The molecule has 6 nitrogen and oxygen atoms in total. The number of benzene rings is 1. The number of Topliss-reactive ketones (excluding diaryl/α,β-unsaturated/α-hetero) is 1. The summed E-state index contributed by atoms with van der Waals surface area (Å²) < 4.78 is 5.51. The number of ether oxygens (including phenoxy) is 1. The first-order chi connectivity index (χ1) is 14.8. The topological polar surface area (TPSA) is 61.9 Å². The predicted molar refractivity (Wildman–Crippen MR) is 126 cm³/mol. The van der Waals surface area contributed by atoms with E-state index in [-0.39, 0.29) is 17.1 Å². The van der Waals surface area contributed by atoms with Gasteiger partial charge in [0.2, 0.25) is 5.91 Å². The molecule has 0 bridgehead atoms. The van der Waals surface area contributed by atoms with Crippen LogP contribution in [0.5, 0.6) is 5.75 Å². The average Bonchev–Trinajstić information content (AvgIpc) is 3.21. The van der Waals surface area contributed by atoms with E-state index in [1.165, 1.54) is 18.3 Å². The molecule has 31 heavy (non-hydrogen) atoms. The van der Waals surface area contributed by atoms with Crippen molar-refractivity contribution in [2.75, 3.05) is 44.7 Å². The van der Waals surface area contributed by atoms with E-state index >= 15 is 0 Å². The van der Waals surface area contributed by atoms with Gasteiger partial charge in [-0.1, -0.05) is 26.0 Å². The number of anilines is 1. The molecule has 1 aliphatic heterocycles. The number of hydrogen-bond donors (Lipinski definition) is 1. The highest BCUT2D eigenvalue weighted by molar-refractivity contribution is 7.14. The van der Waals surface area contributed by atoms with Crippen LogP contribution >= 0.6 is 11.3 Å². The number of ketones is 1. The normalized spacial score (nSPS) is 15.0. The lowest BCUT2D eigenvalue weighted by Crippen LogP contribution is -2.49. The Hall–Kier alpha value is -2.38. The largest absolute Gasteiger partial charge is 0.495 e. The van der Waals surface area contributed by atoms with Gasteiger partial charge in [0.05, 0.1) is 24.2 Å². The Kier molecular flexibility index (Phi) is 7.73. The van der Waals surface area contributed by atoms with Gasteiger partial charge in [0.25, 0.3) is 0 Å². The van der Waals surface area contributed by atoms with E-state index in [4.69, 9.17) is 4.74 Å². The summed E-state index contributed by atoms with van der Waals surface area (Å²) in [7, 11) is 1.71. The maximum atomic E-state index is 12.8. The van der Waals surface area contributed by atoms with Gasteiger partial charge >= 0.3 is 0 Å². The van der Waals surface area contributed by atoms with Crippen LogP contribution in [0.4, 0.5) is 5.69 Å². The monoisotopic (exact) mass is 443 g/mol. The van der Waals surface area contributed by atoms with Crippen molar-refractivity contribution >= 4 is 28.7 Å². The second kappa shape index (κ2) is 10.3. The van der Waals surface area contributed by atoms with Gasteiger partial charge in [-0.2, -0.15) is 0 Å². The molecule has 0 radical (unpaired) electrons. The number of piperazine rings is 1. The molecule has 2 aromatic rings. The first kappa shape index (κ1) is 23.3. The molecule has 1 N–H and O–H groups in total. The zero-order valence-electron chi connectivity index (χ0n) is 18.9. The van der Waals surface area contributed by atoms with Crippen molar-refractivity contribution in [1.29, 1.82) is 0 Å². The number of rotatable bonds is 9. The highest BCUT2D eigenvalue weighted by Crippen LogP contribution is 2.30. The molecule has 1 fully saturated rings. The molecule has 0 atom stereocenters. The lowest BCUT2D eigenvalue weighted by atomic mass is 9.86. The molecule has 0 unspecified atom stereocenters. The molecular formula is C24H33N3O3S. The van der Waals surface area contributed by atoms with Crippen LogP contribution in [0.2, 0.25) is 0 Å². The molecule has 0 saturated carbocycles. The fraction of sp³-hybridized carbons (Fsp3) is 0.500. The van der Waals surface area contributed by atoms with E-state index in [1.807, 2.05) is 30.3 Å². The van der Waals surface area contributed by atoms with E-state index in [0.29, 0.717) is 13.0 Å². The van der Waals surface area contributed by atoms with Crippen molar-refractivity contribution < 1.29 is 14.3 Å². The first-order valence-corrected chi connectivity index (χ1v) is 11.6. The molecule has 1 amide bonds. The SMILES string of the molecule is COc1ccccc1N1CCN(CC(C)(C)CC(=O)c2ccc(CNC(C)=O)s2)CC1. The summed E-state index contributed by atoms with van der Waals surface area (Å²) in [4.78, 5) is 30.5. The van der Waals surface area contributed by atoms with Gasteiger partial charge < -0.3 is 15.0 Å². The minimum atomic E-state index is -0.106. The molecule has 3 rings (SSSR count). The number of methoxy groups -OCH3 is 1. The molecule has 0 aliphatic carbocycles. The fourth-order valence-corrected chi connectivity index (χ4v) is 4.94. The number of carbonyl (C=O) groups excluding carboxylic acids is 2.